The summed E-state index contributed by atoms with van der Waals surface area (Å²) in [6.07, 6.45) is 40.0. The molecule has 0 aromatic carbocycles. The number of rotatable bonds is 27. The van der Waals surface area contributed by atoms with Gasteiger partial charge in [0.15, 0.2) is 0 Å². The van der Waals surface area contributed by atoms with Gasteiger partial charge in [0.2, 0.25) is 0 Å². The highest BCUT2D eigenvalue weighted by Crippen LogP contribution is 2.14. The number of unbranched alkanes of at least 4 members (excludes halogenated alkanes) is 21. The molecule has 1 aromatic rings. The Labute approximate surface area is 221 Å². The Balaban J connectivity index is 2.10. The van der Waals surface area contributed by atoms with Crippen LogP contribution in [0.3, 0.4) is 0 Å². The van der Waals surface area contributed by atoms with E-state index in [1.54, 1.807) is 5.82 Å². The summed E-state index contributed by atoms with van der Waals surface area (Å²) in [6, 6.07) is 0. The Morgan fingerprint density at radius 2 is 0.886 bits per heavy atom. The van der Waals surface area contributed by atoms with Gasteiger partial charge in [0.05, 0.1) is 13.1 Å². The number of imidazole rings is 1. The first kappa shape index (κ1) is 32.2. The first-order chi connectivity index (χ1) is 17.3. The van der Waals surface area contributed by atoms with Crippen molar-refractivity contribution in [3.63, 3.8) is 0 Å². The van der Waals surface area contributed by atoms with Crippen molar-refractivity contribution >= 4 is 0 Å². The molecule has 0 unspecified atom stereocenters. The minimum Gasteiger partial charge on any atom is -0.234 e. The molecule has 206 valence electrons. The molecule has 1 heterocycles. The zero-order valence-corrected chi connectivity index (χ0v) is 24.6. The van der Waals surface area contributed by atoms with Crippen molar-refractivity contribution in [2.45, 2.75) is 194 Å². The normalized spacial score (nSPS) is 11.5. The van der Waals surface area contributed by atoms with E-state index in [1.165, 1.54) is 174 Å². The minimum atomic E-state index is 1.22. The monoisotopic (exact) mass is 490 g/mol. The third-order valence-corrected chi connectivity index (χ3v) is 7.85. The van der Waals surface area contributed by atoms with Crippen molar-refractivity contribution in [2.75, 3.05) is 0 Å². The first-order valence-electron chi connectivity index (χ1n) is 16.4. The van der Waals surface area contributed by atoms with E-state index in [9.17, 15) is 0 Å². The van der Waals surface area contributed by atoms with E-state index in [-0.39, 0.29) is 0 Å². The van der Waals surface area contributed by atoms with Gasteiger partial charge in [-0.05, 0) is 32.1 Å². The maximum absolute atomic E-state index is 2.59. The fourth-order valence-electron chi connectivity index (χ4n) is 5.44. The minimum absolute atomic E-state index is 1.22. The summed E-state index contributed by atoms with van der Waals surface area (Å²) in [7, 11) is 0. The van der Waals surface area contributed by atoms with Crippen LogP contribution in [0.5, 0.6) is 0 Å². The van der Waals surface area contributed by atoms with E-state index in [2.05, 4.69) is 42.3 Å². The lowest BCUT2D eigenvalue weighted by Gasteiger charge is -2.06. The van der Waals surface area contributed by atoms with Gasteiger partial charge in [0.1, 0.15) is 12.4 Å². The van der Waals surface area contributed by atoms with Crippen LogP contribution in [-0.4, -0.2) is 4.57 Å². The molecule has 2 heteroatoms. The van der Waals surface area contributed by atoms with Gasteiger partial charge in [-0.25, -0.2) is 9.13 Å². The van der Waals surface area contributed by atoms with Gasteiger partial charge in [0.25, 0.3) is 5.82 Å². The molecule has 0 saturated heterocycles. The van der Waals surface area contributed by atoms with Crippen LogP contribution in [-0.2, 0) is 19.5 Å². The van der Waals surface area contributed by atoms with Crippen LogP contribution >= 0.6 is 0 Å². The van der Waals surface area contributed by atoms with Crippen molar-refractivity contribution < 1.29 is 4.57 Å². The van der Waals surface area contributed by atoms with E-state index in [1.807, 2.05) is 0 Å². The van der Waals surface area contributed by atoms with Crippen LogP contribution in [0.4, 0.5) is 0 Å². The fourth-order valence-corrected chi connectivity index (χ4v) is 5.44. The Morgan fingerprint density at radius 1 is 0.486 bits per heavy atom. The number of nitrogens with zero attached hydrogens (tertiary/aromatic N) is 2. The lowest BCUT2D eigenvalue weighted by atomic mass is 10.0. The number of aryl methyl sites for hydroxylation is 2. The average molecular weight is 490 g/mol. The maximum atomic E-state index is 2.59. The van der Waals surface area contributed by atoms with Crippen LogP contribution in [0, 0.1) is 0 Å². The third kappa shape index (κ3) is 18.2. The molecule has 1 rings (SSSR count). The molecule has 35 heavy (non-hydrogen) atoms. The van der Waals surface area contributed by atoms with Crippen LogP contribution in [0.25, 0.3) is 0 Å². The summed E-state index contributed by atoms with van der Waals surface area (Å²) >= 11 is 0. The predicted molar refractivity (Wildman–Crippen MR) is 156 cm³/mol. The summed E-state index contributed by atoms with van der Waals surface area (Å²) in [6.45, 7) is 9.37. The Hall–Kier alpha value is -0.790. The molecule has 0 saturated carbocycles. The van der Waals surface area contributed by atoms with Gasteiger partial charge >= 0.3 is 0 Å². The Kier molecular flexibility index (Phi) is 22.9. The van der Waals surface area contributed by atoms with Gasteiger partial charge in [-0.3, -0.25) is 0 Å². The molecule has 0 fully saturated rings. The molecular weight excluding hydrogens is 424 g/mol. The third-order valence-electron chi connectivity index (χ3n) is 7.85. The number of hydrogen-bond acceptors (Lipinski definition) is 0. The number of hydrogen-bond donors (Lipinski definition) is 0. The summed E-state index contributed by atoms with van der Waals surface area (Å²) in [4.78, 5) is 0. The Morgan fingerprint density at radius 3 is 1.37 bits per heavy atom. The second kappa shape index (κ2) is 24.9. The quantitative estimate of drug-likeness (QED) is 0.0858. The molecule has 0 radical (unpaired) electrons. The lowest BCUT2D eigenvalue weighted by molar-refractivity contribution is -0.704. The van der Waals surface area contributed by atoms with Crippen molar-refractivity contribution in [1.82, 2.24) is 4.57 Å². The van der Waals surface area contributed by atoms with E-state index in [0.29, 0.717) is 0 Å². The lowest BCUT2D eigenvalue weighted by Crippen LogP contribution is -2.37. The second-order valence-corrected chi connectivity index (χ2v) is 11.3. The molecule has 0 aliphatic carbocycles. The van der Waals surface area contributed by atoms with Gasteiger partial charge in [-0.2, -0.15) is 0 Å². The maximum Gasteiger partial charge on any atom is 0.256 e. The SMILES string of the molecule is CCCCCCCCCCCCCCCCCC[n+]1ccn(CCCCCC)c1CCCCCC. The van der Waals surface area contributed by atoms with Crippen molar-refractivity contribution in [3.8, 4) is 0 Å². The van der Waals surface area contributed by atoms with E-state index < -0.39 is 0 Å². The van der Waals surface area contributed by atoms with Crippen LogP contribution in [0.2, 0.25) is 0 Å². The Bertz CT molecular complexity index is 547. The van der Waals surface area contributed by atoms with E-state index in [4.69, 9.17) is 0 Å². The van der Waals surface area contributed by atoms with E-state index in [0.717, 1.165) is 0 Å². The molecular formula is C33H65N2+. The molecule has 2 nitrogen and oxygen atoms in total. The fraction of sp³-hybridized carbons (Fsp3) is 0.909. The number of aromatic nitrogens is 2. The molecule has 0 aliphatic rings. The standard InChI is InChI=1S/C33H65N2/c1-4-7-10-13-14-15-16-17-18-19-20-21-22-23-24-27-30-35-32-31-34(29-26-12-9-6-3)33(35)28-25-11-8-5-2/h31-32H,4-30H2,1-3H3/q+1. The highest BCUT2D eigenvalue weighted by atomic mass is 15.1. The van der Waals surface area contributed by atoms with Crippen LogP contribution in [0.15, 0.2) is 12.4 Å². The van der Waals surface area contributed by atoms with Gasteiger partial charge in [-0.1, -0.05) is 143 Å². The average Bonchev–Trinajstić information content (AvgIpc) is 3.25. The second-order valence-electron chi connectivity index (χ2n) is 11.3. The molecule has 0 aliphatic heterocycles. The van der Waals surface area contributed by atoms with Crippen LogP contribution < -0.4 is 4.57 Å². The highest BCUT2D eigenvalue weighted by molar-refractivity contribution is 4.84. The van der Waals surface area contributed by atoms with E-state index >= 15 is 0 Å². The summed E-state index contributed by atoms with van der Waals surface area (Å²) < 4.78 is 5.17. The molecule has 0 amide bonds. The summed E-state index contributed by atoms with van der Waals surface area (Å²) in [5.74, 6) is 1.60. The summed E-state index contributed by atoms with van der Waals surface area (Å²) in [5, 5.41) is 0. The topological polar surface area (TPSA) is 8.81 Å². The van der Waals surface area contributed by atoms with Crippen molar-refractivity contribution in [1.29, 1.82) is 0 Å². The van der Waals surface area contributed by atoms with Crippen molar-refractivity contribution in [3.05, 3.63) is 18.2 Å². The molecule has 0 N–H and O–H groups in total. The first-order valence-corrected chi connectivity index (χ1v) is 16.4. The smallest absolute Gasteiger partial charge is 0.234 e. The van der Waals surface area contributed by atoms with Gasteiger partial charge in [-0.15, -0.1) is 0 Å². The molecule has 0 bridgehead atoms. The van der Waals surface area contributed by atoms with Gasteiger partial charge < -0.3 is 0 Å². The van der Waals surface area contributed by atoms with Gasteiger partial charge in [0, 0.05) is 6.42 Å². The zero-order valence-electron chi connectivity index (χ0n) is 24.6. The highest BCUT2D eigenvalue weighted by Gasteiger charge is 2.16. The molecule has 1 aromatic heterocycles. The largest absolute Gasteiger partial charge is 0.256 e. The summed E-state index contributed by atoms with van der Waals surface area (Å²) in [5.41, 5.74) is 0. The van der Waals surface area contributed by atoms with Crippen molar-refractivity contribution in [2.24, 2.45) is 0 Å². The zero-order chi connectivity index (χ0) is 25.2. The molecule has 0 atom stereocenters. The predicted octanol–water partition coefficient (Wildman–Crippen LogP) is 10.7. The molecule has 0 spiro atoms. The van der Waals surface area contributed by atoms with Crippen LogP contribution in [0.1, 0.15) is 181 Å².